The number of para-hydroxylation sites is 4. The molecule has 0 fully saturated rings. The third-order valence-corrected chi connectivity index (χ3v) is 4.04. The first-order valence-electron chi connectivity index (χ1n) is 7.77. The summed E-state index contributed by atoms with van der Waals surface area (Å²) < 4.78 is 5.61. The van der Waals surface area contributed by atoms with Gasteiger partial charge in [-0.05, 0) is 49.2 Å². The van der Waals surface area contributed by atoms with Crippen LogP contribution in [0, 0.1) is 13.8 Å². The van der Waals surface area contributed by atoms with Gasteiger partial charge in [-0.25, -0.2) is 0 Å². The smallest absolute Gasteiger partial charge is 0.142 e. The fourth-order valence-corrected chi connectivity index (χ4v) is 2.83. The molecule has 3 aromatic carbocycles. The van der Waals surface area contributed by atoms with Crippen LogP contribution in [0.4, 0.5) is 17.1 Å². The zero-order valence-corrected chi connectivity index (χ0v) is 13.8. The maximum absolute atomic E-state index is 5.61. The van der Waals surface area contributed by atoms with Crippen LogP contribution in [0.3, 0.4) is 0 Å². The van der Waals surface area contributed by atoms with Gasteiger partial charge < -0.3 is 9.64 Å². The topological polar surface area (TPSA) is 12.5 Å². The molecular formula is C21H21NO. The van der Waals surface area contributed by atoms with Gasteiger partial charge in [-0.3, -0.25) is 0 Å². The third-order valence-electron chi connectivity index (χ3n) is 4.04. The fraction of sp³-hybridized carbons (Fsp3) is 0.143. The molecule has 0 unspecified atom stereocenters. The standard InChI is InChI=1S/C21H21NO/c1-16-10-4-6-12-18(16)22(19-13-7-5-11-17(19)2)20-14-8-9-15-21(20)23-3/h4-15H,1-3H3. The van der Waals surface area contributed by atoms with Crippen molar-refractivity contribution in [2.75, 3.05) is 12.0 Å². The second kappa shape index (κ2) is 6.57. The van der Waals surface area contributed by atoms with E-state index in [1.807, 2.05) is 18.2 Å². The van der Waals surface area contributed by atoms with Crippen molar-refractivity contribution in [3.05, 3.63) is 83.9 Å². The summed E-state index contributed by atoms with van der Waals surface area (Å²) in [5.74, 6) is 0.860. The first-order valence-corrected chi connectivity index (χ1v) is 7.77. The number of hydrogen-bond acceptors (Lipinski definition) is 2. The van der Waals surface area contributed by atoms with Crippen molar-refractivity contribution >= 4 is 17.1 Å². The summed E-state index contributed by atoms with van der Waals surface area (Å²) in [6.45, 7) is 4.27. The van der Waals surface area contributed by atoms with E-state index in [9.17, 15) is 0 Å². The second-order valence-electron chi connectivity index (χ2n) is 5.58. The number of methoxy groups -OCH3 is 1. The predicted molar refractivity (Wildman–Crippen MR) is 97.2 cm³/mol. The largest absolute Gasteiger partial charge is 0.495 e. The number of hydrogen-bond donors (Lipinski definition) is 0. The Morgan fingerprint density at radius 1 is 0.609 bits per heavy atom. The van der Waals surface area contributed by atoms with Crippen molar-refractivity contribution in [1.82, 2.24) is 0 Å². The van der Waals surface area contributed by atoms with Crippen LogP contribution >= 0.6 is 0 Å². The van der Waals surface area contributed by atoms with Crippen molar-refractivity contribution in [1.29, 1.82) is 0 Å². The molecule has 116 valence electrons. The molecule has 3 aromatic rings. The minimum atomic E-state index is 0.860. The van der Waals surface area contributed by atoms with Gasteiger partial charge in [0, 0.05) is 11.4 Å². The second-order valence-corrected chi connectivity index (χ2v) is 5.58. The molecule has 0 aliphatic heterocycles. The maximum Gasteiger partial charge on any atom is 0.142 e. The lowest BCUT2D eigenvalue weighted by Gasteiger charge is -2.29. The first kappa shape index (κ1) is 15.2. The average Bonchev–Trinajstić information content (AvgIpc) is 2.59. The minimum absolute atomic E-state index is 0.860. The molecule has 0 radical (unpaired) electrons. The van der Waals surface area contributed by atoms with E-state index in [1.165, 1.54) is 11.1 Å². The minimum Gasteiger partial charge on any atom is -0.495 e. The van der Waals surface area contributed by atoms with Crippen LogP contribution in [0.1, 0.15) is 11.1 Å². The summed E-state index contributed by atoms with van der Waals surface area (Å²) in [7, 11) is 1.71. The number of aryl methyl sites for hydroxylation is 2. The summed E-state index contributed by atoms with van der Waals surface area (Å²) in [5, 5.41) is 0. The van der Waals surface area contributed by atoms with Gasteiger partial charge in [-0.1, -0.05) is 48.5 Å². The van der Waals surface area contributed by atoms with Gasteiger partial charge >= 0.3 is 0 Å². The molecule has 0 amide bonds. The molecular weight excluding hydrogens is 282 g/mol. The Morgan fingerprint density at radius 3 is 1.52 bits per heavy atom. The van der Waals surface area contributed by atoms with Crippen molar-refractivity contribution in [3.8, 4) is 5.75 Å². The van der Waals surface area contributed by atoms with E-state index in [4.69, 9.17) is 4.74 Å². The molecule has 0 spiro atoms. The van der Waals surface area contributed by atoms with Crippen LogP contribution in [-0.4, -0.2) is 7.11 Å². The van der Waals surface area contributed by atoms with Gasteiger partial charge in [0.2, 0.25) is 0 Å². The van der Waals surface area contributed by atoms with Crippen LogP contribution in [0.5, 0.6) is 5.75 Å². The van der Waals surface area contributed by atoms with E-state index < -0.39 is 0 Å². The normalized spacial score (nSPS) is 10.4. The average molecular weight is 303 g/mol. The van der Waals surface area contributed by atoms with E-state index in [-0.39, 0.29) is 0 Å². The van der Waals surface area contributed by atoms with Gasteiger partial charge in [0.15, 0.2) is 0 Å². The molecule has 0 N–H and O–H groups in total. The van der Waals surface area contributed by atoms with Gasteiger partial charge in [-0.2, -0.15) is 0 Å². The Hall–Kier alpha value is -2.74. The third kappa shape index (κ3) is 2.93. The van der Waals surface area contributed by atoms with Crippen LogP contribution < -0.4 is 9.64 Å². The molecule has 0 saturated heterocycles. The number of ether oxygens (including phenoxy) is 1. The Balaban J connectivity index is 2.27. The zero-order valence-electron chi connectivity index (χ0n) is 13.8. The number of anilines is 3. The molecule has 0 atom stereocenters. The zero-order chi connectivity index (χ0) is 16.2. The fourth-order valence-electron chi connectivity index (χ4n) is 2.83. The van der Waals surface area contributed by atoms with Crippen molar-refractivity contribution in [2.24, 2.45) is 0 Å². The van der Waals surface area contributed by atoms with Gasteiger partial charge in [-0.15, -0.1) is 0 Å². The number of benzene rings is 3. The summed E-state index contributed by atoms with van der Waals surface area (Å²) in [4.78, 5) is 2.27. The summed E-state index contributed by atoms with van der Waals surface area (Å²) in [5.41, 5.74) is 5.81. The molecule has 2 nitrogen and oxygen atoms in total. The lowest BCUT2D eigenvalue weighted by atomic mass is 10.1. The summed E-state index contributed by atoms with van der Waals surface area (Å²) >= 11 is 0. The molecule has 2 heteroatoms. The summed E-state index contributed by atoms with van der Waals surface area (Å²) in [6, 6.07) is 25.0. The number of rotatable bonds is 4. The highest BCUT2D eigenvalue weighted by molar-refractivity contribution is 5.82. The van der Waals surface area contributed by atoms with Crippen molar-refractivity contribution in [2.45, 2.75) is 13.8 Å². The van der Waals surface area contributed by atoms with E-state index >= 15 is 0 Å². The van der Waals surface area contributed by atoms with Gasteiger partial charge in [0.1, 0.15) is 5.75 Å². The molecule has 0 aromatic heterocycles. The number of nitrogens with zero attached hydrogens (tertiary/aromatic N) is 1. The molecule has 0 aliphatic carbocycles. The lowest BCUT2D eigenvalue weighted by Crippen LogP contribution is -2.13. The lowest BCUT2D eigenvalue weighted by molar-refractivity contribution is 0.416. The Bertz CT molecular complexity index is 765. The van der Waals surface area contributed by atoms with E-state index in [0.29, 0.717) is 0 Å². The molecule has 0 heterocycles. The highest BCUT2D eigenvalue weighted by atomic mass is 16.5. The monoisotopic (exact) mass is 303 g/mol. The van der Waals surface area contributed by atoms with Crippen molar-refractivity contribution < 1.29 is 4.74 Å². The molecule has 0 aliphatic rings. The van der Waals surface area contributed by atoms with Crippen molar-refractivity contribution in [3.63, 3.8) is 0 Å². The van der Waals surface area contributed by atoms with Crippen LogP contribution in [0.2, 0.25) is 0 Å². The Labute approximate surface area is 138 Å². The Morgan fingerprint density at radius 2 is 1.04 bits per heavy atom. The highest BCUT2D eigenvalue weighted by Crippen LogP contribution is 2.42. The molecule has 0 bridgehead atoms. The highest BCUT2D eigenvalue weighted by Gasteiger charge is 2.18. The quantitative estimate of drug-likeness (QED) is 0.605. The SMILES string of the molecule is COc1ccccc1N(c1ccccc1C)c1ccccc1C. The Kier molecular flexibility index (Phi) is 4.33. The van der Waals surface area contributed by atoms with Gasteiger partial charge in [0.25, 0.3) is 0 Å². The molecule has 0 saturated carbocycles. The summed E-state index contributed by atoms with van der Waals surface area (Å²) in [6.07, 6.45) is 0. The maximum atomic E-state index is 5.61. The first-order chi connectivity index (χ1) is 11.2. The van der Waals surface area contributed by atoms with Gasteiger partial charge in [0.05, 0.1) is 12.8 Å². The van der Waals surface area contributed by atoms with Crippen LogP contribution in [-0.2, 0) is 0 Å². The molecule has 23 heavy (non-hydrogen) atoms. The predicted octanol–water partition coefficient (Wildman–Crippen LogP) is 5.78. The van der Waals surface area contributed by atoms with Crippen LogP contribution in [0.15, 0.2) is 72.8 Å². The van der Waals surface area contributed by atoms with E-state index in [0.717, 1.165) is 22.8 Å². The van der Waals surface area contributed by atoms with Crippen LogP contribution in [0.25, 0.3) is 0 Å². The van der Waals surface area contributed by atoms with E-state index in [2.05, 4.69) is 73.3 Å². The van der Waals surface area contributed by atoms with E-state index in [1.54, 1.807) is 7.11 Å². The molecule has 3 rings (SSSR count).